The fourth-order valence-corrected chi connectivity index (χ4v) is 2.58. The molecule has 0 saturated heterocycles. The SMILES string of the molecule is COc1cc(C)c(C(=O)c2cccc(I)c2)cc1C. The molecule has 0 aliphatic carbocycles. The lowest BCUT2D eigenvalue weighted by atomic mass is 9.97. The van der Waals surface area contributed by atoms with Gasteiger partial charge in [-0.3, -0.25) is 4.79 Å². The minimum Gasteiger partial charge on any atom is -0.496 e. The first kappa shape index (κ1) is 14.1. The summed E-state index contributed by atoms with van der Waals surface area (Å²) in [5, 5.41) is 0. The summed E-state index contributed by atoms with van der Waals surface area (Å²) in [5.41, 5.74) is 3.37. The van der Waals surface area contributed by atoms with Gasteiger partial charge in [-0.2, -0.15) is 0 Å². The molecule has 0 radical (unpaired) electrons. The maximum absolute atomic E-state index is 12.5. The first-order valence-electron chi connectivity index (χ1n) is 5.98. The monoisotopic (exact) mass is 366 g/mol. The lowest BCUT2D eigenvalue weighted by Crippen LogP contribution is -2.05. The third kappa shape index (κ3) is 2.97. The molecule has 0 saturated carbocycles. The van der Waals surface area contributed by atoms with Crippen LogP contribution >= 0.6 is 22.6 Å². The van der Waals surface area contributed by atoms with E-state index in [0.717, 1.165) is 31.6 Å². The Morgan fingerprint density at radius 1 is 1.11 bits per heavy atom. The molecule has 0 spiro atoms. The molecule has 0 aliphatic rings. The van der Waals surface area contributed by atoms with E-state index in [2.05, 4.69) is 22.6 Å². The molecule has 2 rings (SSSR count). The van der Waals surface area contributed by atoms with Gasteiger partial charge in [-0.1, -0.05) is 12.1 Å². The van der Waals surface area contributed by atoms with Crippen molar-refractivity contribution in [2.24, 2.45) is 0 Å². The number of methoxy groups -OCH3 is 1. The van der Waals surface area contributed by atoms with Crippen LogP contribution in [-0.4, -0.2) is 12.9 Å². The van der Waals surface area contributed by atoms with Crippen LogP contribution in [0.15, 0.2) is 36.4 Å². The van der Waals surface area contributed by atoms with Gasteiger partial charge in [0.15, 0.2) is 5.78 Å². The molecule has 0 bridgehead atoms. The molecule has 0 aromatic heterocycles. The van der Waals surface area contributed by atoms with Crippen LogP contribution in [-0.2, 0) is 0 Å². The van der Waals surface area contributed by atoms with Crippen molar-refractivity contribution in [3.63, 3.8) is 0 Å². The molecular weight excluding hydrogens is 351 g/mol. The lowest BCUT2D eigenvalue weighted by molar-refractivity contribution is 0.103. The third-order valence-electron chi connectivity index (χ3n) is 3.07. The van der Waals surface area contributed by atoms with Crippen molar-refractivity contribution in [3.8, 4) is 5.75 Å². The summed E-state index contributed by atoms with van der Waals surface area (Å²) in [7, 11) is 1.64. The smallest absolute Gasteiger partial charge is 0.193 e. The van der Waals surface area contributed by atoms with Crippen LogP contribution in [0.1, 0.15) is 27.0 Å². The van der Waals surface area contributed by atoms with E-state index in [-0.39, 0.29) is 5.78 Å². The quantitative estimate of drug-likeness (QED) is 0.603. The summed E-state index contributed by atoms with van der Waals surface area (Å²) >= 11 is 2.21. The molecule has 2 aromatic rings. The number of halogens is 1. The molecule has 0 fully saturated rings. The average Bonchev–Trinajstić information content (AvgIpc) is 2.40. The first-order valence-corrected chi connectivity index (χ1v) is 7.06. The first-order chi connectivity index (χ1) is 9.02. The van der Waals surface area contributed by atoms with Gasteiger partial charge in [0.1, 0.15) is 5.75 Å². The topological polar surface area (TPSA) is 26.3 Å². The van der Waals surface area contributed by atoms with Crippen LogP contribution in [0.3, 0.4) is 0 Å². The van der Waals surface area contributed by atoms with Crippen molar-refractivity contribution in [2.75, 3.05) is 7.11 Å². The molecule has 0 aliphatic heterocycles. The van der Waals surface area contributed by atoms with Crippen molar-refractivity contribution in [3.05, 3.63) is 62.2 Å². The number of benzene rings is 2. The summed E-state index contributed by atoms with van der Waals surface area (Å²) in [5.74, 6) is 0.874. The van der Waals surface area contributed by atoms with Crippen molar-refractivity contribution in [2.45, 2.75) is 13.8 Å². The number of hydrogen-bond acceptors (Lipinski definition) is 2. The van der Waals surface area contributed by atoms with Crippen molar-refractivity contribution in [1.29, 1.82) is 0 Å². The Morgan fingerprint density at radius 2 is 1.84 bits per heavy atom. The molecule has 0 amide bonds. The molecular formula is C16H15IO2. The normalized spacial score (nSPS) is 10.3. The maximum Gasteiger partial charge on any atom is 0.193 e. The van der Waals surface area contributed by atoms with Crippen LogP contribution in [0, 0.1) is 17.4 Å². The van der Waals surface area contributed by atoms with Crippen LogP contribution in [0.4, 0.5) is 0 Å². The Labute approximate surface area is 126 Å². The van der Waals surface area contributed by atoms with E-state index in [9.17, 15) is 4.79 Å². The van der Waals surface area contributed by atoms with Gasteiger partial charge in [-0.25, -0.2) is 0 Å². The number of ether oxygens (including phenoxy) is 1. The zero-order valence-corrected chi connectivity index (χ0v) is 13.3. The van der Waals surface area contributed by atoms with E-state index >= 15 is 0 Å². The van der Waals surface area contributed by atoms with E-state index < -0.39 is 0 Å². The Bertz CT molecular complexity index is 633. The van der Waals surface area contributed by atoms with Gasteiger partial charge in [0.25, 0.3) is 0 Å². The largest absolute Gasteiger partial charge is 0.496 e. The highest BCUT2D eigenvalue weighted by Crippen LogP contribution is 2.24. The number of hydrogen-bond donors (Lipinski definition) is 0. The van der Waals surface area contributed by atoms with Crippen LogP contribution in [0.5, 0.6) is 5.75 Å². The zero-order valence-electron chi connectivity index (χ0n) is 11.2. The minimum absolute atomic E-state index is 0.0572. The summed E-state index contributed by atoms with van der Waals surface area (Å²) in [6.07, 6.45) is 0. The summed E-state index contributed by atoms with van der Waals surface area (Å²) in [4.78, 5) is 12.5. The summed E-state index contributed by atoms with van der Waals surface area (Å²) in [6, 6.07) is 11.4. The number of rotatable bonds is 3. The van der Waals surface area contributed by atoms with Gasteiger partial charge in [0.05, 0.1) is 7.11 Å². The van der Waals surface area contributed by atoms with E-state index in [1.54, 1.807) is 7.11 Å². The third-order valence-corrected chi connectivity index (χ3v) is 3.74. The lowest BCUT2D eigenvalue weighted by Gasteiger charge is -2.10. The fourth-order valence-electron chi connectivity index (χ4n) is 2.04. The highest BCUT2D eigenvalue weighted by molar-refractivity contribution is 14.1. The van der Waals surface area contributed by atoms with Crippen LogP contribution in [0.2, 0.25) is 0 Å². The highest BCUT2D eigenvalue weighted by atomic mass is 127. The second-order valence-electron chi connectivity index (χ2n) is 4.48. The summed E-state index contributed by atoms with van der Waals surface area (Å²) < 4.78 is 6.33. The number of carbonyl (C=O) groups excluding carboxylic acids is 1. The van der Waals surface area contributed by atoms with E-state index in [0.29, 0.717) is 0 Å². The van der Waals surface area contributed by atoms with E-state index in [1.807, 2.05) is 50.2 Å². The maximum atomic E-state index is 12.5. The van der Waals surface area contributed by atoms with Crippen molar-refractivity contribution in [1.82, 2.24) is 0 Å². The van der Waals surface area contributed by atoms with Crippen molar-refractivity contribution >= 4 is 28.4 Å². The van der Waals surface area contributed by atoms with Gasteiger partial charge in [0.2, 0.25) is 0 Å². The molecule has 0 N–H and O–H groups in total. The fraction of sp³-hybridized carbons (Fsp3) is 0.188. The molecule has 0 unspecified atom stereocenters. The zero-order chi connectivity index (χ0) is 14.0. The molecule has 3 heteroatoms. The second kappa shape index (κ2) is 5.74. The van der Waals surface area contributed by atoms with Crippen molar-refractivity contribution < 1.29 is 9.53 Å². The molecule has 2 aromatic carbocycles. The molecule has 19 heavy (non-hydrogen) atoms. The summed E-state index contributed by atoms with van der Waals surface area (Å²) in [6.45, 7) is 3.88. The molecule has 2 nitrogen and oxygen atoms in total. The number of carbonyl (C=O) groups is 1. The number of ketones is 1. The second-order valence-corrected chi connectivity index (χ2v) is 5.72. The van der Waals surface area contributed by atoms with Gasteiger partial charge in [0, 0.05) is 14.7 Å². The number of aryl methyl sites for hydroxylation is 2. The van der Waals surface area contributed by atoms with Gasteiger partial charge in [-0.15, -0.1) is 0 Å². The Balaban J connectivity index is 2.47. The van der Waals surface area contributed by atoms with Crippen LogP contribution < -0.4 is 4.74 Å². The molecule has 0 atom stereocenters. The molecule has 98 valence electrons. The predicted molar refractivity (Wildman–Crippen MR) is 85.1 cm³/mol. The van der Waals surface area contributed by atoms with E-state index in [1.165, 1.54) is 0 Å². The average molecular weight is 366 g/mol. The Hall–Kier alpha value is -1.36. The van der Waals surface area contributed by atoms with E-state index in [4.69, 9.17) is 4.74 Å². The standard InChI is InChI=1S/C16H15IO2/c1-10-8-15(19-3)11(2)7-14(10)16(18)12-5-4-6-13(17)9-12/h4-9H,1-3H3. The minimum atomic E-state index is 0.0572. The predicted octanol–water partition coefficient (Wildman–Crippen LogP) is 4.15. The van der Waals surface area contributed by atoms with Crippen LogP contribution in [0.25, 0.3) is 0 Å². The van der Waals surface area contributed by atoms with Gasteiger partial charge in [-0.05, 0) is 71.8 Å². The van der Waals surface area contributed by atoms with Gasteiger partial charge >= 0.3 is 0 Å². The Morgan fingerprint density at radius 3 is 2.47 bits per heavy atom. The highest BCUT2D eigenvalue weighted by Gasteiger charge is 2.14. The van der Waals surface area contributed by atoms with Gasteiger partial charge < -0.3 is 4.74 Å². The Kier molecular flexibility index (Phi) is 4.24. The molecule has 0 heterocycles.